The maximum absolute atomic E-state index is 13.1. The number of primary amides is 1. The molecule has 47 heavy (non-hydrogen) atoms. The summed E-state index contributed by atoms with van der Waals surface area (Å²) in [6, 6.07) is 4.99. The summed E-state index contributed by atoms with van der Waals surface area (Å²) in [5.74, 6) is -1.68. The molecule has 16 nitrogen and oxygen atoms in total. The fourth-order valence-electron chi connectivity index (χ4n) is 4.01. The van der Waals surface area contributed by atoms with Gasteiger partial charge in [0.25, 0.3) is 0 Å². The number of rotatable bonds is 22. The smallest absolute Gasteiger partial charge is 0.409 e. The van der Waals surface area contributed by atoms with Crippen LogP contribution in [0.15, 0.2) is 36.4 Å². The largest absolute Gasteiger partial charge is 0.445 e. The van der Waals surface area contributed by atoms with Gasteiger partial charge in [0, 0.05) is 58.5 Å². The van der Waals surface area contributed by atoms with Crippen LogP contribution in [0.3, 0.4) is 0 Å². The number of carbonyl (C=O) groups excluding carboxylic acids is 7. The van der Waals surface area contributed by atoms with Gasteiger partial charge in [0.05, 0.1) is 6.54 Å². The van der Waals surface area contributed by atoms with Crippen molar-refractivity contribution < 1.29 is 38.3 Å². The van der Waals surface area contributed by atoms with Crippen molar-refractivity contribution in [3.05, 3.63) is 42.0 Å². The Morgan fingerprint density at radius 3 is 2.28 bits per heavy atom. The van der Waals surface area contributed by atoms with Gasteiger partial charge in [0.15, 0.2) is 0 Å². The highest BCUT2D eigenvalue weighted by molar-refractivity contribution is 5.97. The predicted molar refractivity (Wildman–Crippen MR) is 175 cm³/mol. The molecule has 260 valence electrons. The quantitative estimate of drug-likeness (QED) is 0.0569. The zero-order valence-electron chi connectivity index (χ0n) is 27.3. The summed E-state index contributed by atoms with van der Waals surface area (Å²) >= 11 is 0. The number of hydrogen-bond acceptors (Lipinski definition) is 9. The van der Waals surface area contributed by atoms with Gasteiger partial charge in [0.2, 0.25) is 23.6 Å². The lowest BCUT2D eigenvalue weighted by molar-refractivity contribution is -0.128. The van der Waals surface area contributed by atoms with Gasteiger partial charge in [-0.15, -0.1) is 0 Å². The summed E-state index contributed by atoms with van der Waals surface area (Å²) in [6.45, 7) is 1.51. The Kier molecular flexibility index (Phi) is 19.9. The minimum absolute atomic E-state index is 0.0494. The number of anilines is 1. The molecule has 0 bridgehead atoms. The maximum Gasteiger partial charge on any atom is 0.409 e. The van der Waals surface area contributed by atoms with E-state index in [9.17, 15) is 33.6 Å². The number of nitrogens with one attached hydrogen (secondary N) is 5. The molecule has 1 aromatic rings. The molecular weight excluding hydrogens is 612 g/mol. The minimum atomic E-state index is -0.969. The van der Waals surface area contributed by atoms with E-state index < -0.39 is 30.0 Å². The van der Waals surface area contributed by atoms with Gasteiger partial charge in [-0.05, 0) is 56.5 Å². The van der Waals surface area contributed by atoms with Crippen molar-refractivity contribution in [1.82, 2.24) is 31.1 Å². The molecule has 16 heteroatoms. The number of carbonyl (C=O) groups is 7. The van der Waals surface area contributed by atoms with Gasteiger partial charge in [-0.2, -0.15) is 0 Å². The molecule has 0 fully saturated rings. The Labute approximate surface area is 275 Å². The van der Waals surface area contributed by atoms with Crippen molar-refractivity contribution in [2.24, 2.45) is 5.73 Å². The number of urea groups is 1. The molecule has 1 atom stereocenters. The van der Waals surface area contributed by atoms with E-state index in [4.69, 9.17) is 10.5 Å². The zero-order chi connectivity index (χ0) is 35.0. The molecule has 0 radical (unpaired) electrons. The van der Waals surface area contributed by atoms with E-state index in [1.54, 1.807) is 45.4 Å². The number of likely N-dealkylation sites (N-methyl/N-ethyl adjacent to an activating group) is 3. The molecule has 1 aromatic carbocycles. The first-order chi connectivity index (χ1) is 22.5. The topological polar surface area (TPSA) is 221 Å². The van der Waals surface area contributed by atoms with Crippen LogP contribution >= 0.6 is 0 Å². The average molecular weight is 661 g/mol. The van der Waals surface area contributed by atoms with Crippen LogP contribution in [0.4, 0.5) is 15.3 Å². The Morgan fingerprint density at radius 1 is 0.894 bits per heavy atom. The molecule has 0 saturated heterocycles. The summed E-state index contributed by atoms with van der Waals surface area (Å²) < 4.78 is 5.29. The second kappa shape index (κ2) is 23.4. The summed E-state index contributed by atoms with van der Waals surface area (Å²) in [7, 11) is 5.05. The third-order valence-corrected chi connectivity index (χ3v) is 6.75. The summed E-state index contributed by atoms with van der Waals surface area (Å²) in [5, 5.41) is 13.3. The van der Waals surface area contributed by atoms with E-state index >= 15 is 0 Å². The minimum Gasteiger partial charge on any atom is -0.445 e. The Bertz CT molecular complexity index is 1210. The third-order valence-electron chi connectivity index (χ3n) is 6.75. The Morgan fingerprint density at radius 2 is 1.62 bits per heavy atom. The highest BCUT2D eigenvalue weighted by Gasteiger charge is 2.21. The maximum atomic E-state index is 13.1. The lowest BCUT2D eigenvalue weighted by atomic mass is 10.1. The summed E-state index contributed by atoms with van der Waals surface area (Å²) in [4.78, 5) is 86.0. The lowest BCUT2D eigenvalue weighted by Gasteiger charge is -2.19. The summed E-state index contributed by atoms with van der Waals surface area (Å²) in [6.07, 6.45) is 4.98. The SMILES string of the molecule is CNCCN(C)C(=O)OCc1ccc(NC(=O)C(CCCNC(N)=O)NC(=O)CNC(=O)CCCCCN(C)C(=O)/C=C\C=O)cc1. The Hall–Kier alpha value is -4.99. The van der Waals surface area contributed by atoms with E-state index in [0.717, 1.165) is 6.08 Å². The molecule has 0 saturated carbocycles. The molecular formula is C31H48N8O8. The molecule has 0 aliphatic carbocycles. The molecule has 0 heterocycles. The van der Waals surface area contributed by atoms with Gasteiger partial charge >= 0.3 is 12.1 Å². The van der Waals surface area contributed by atoms with Crippen molar-refractivity contribution in [2.75, 3.05) is 59.2 Å². The van der Waals surface area contributed by atoms with Gasteiger partial charge in [-0.1, -0.05) is 18.6 Å². The fraction of sp³-hybridized carbons (Fsp3) is 0.516. The van der Waals surface area contributed by atoms with Crippen molar-refractivity contribution in [3.8, 4) is 0 Å². The first-order valence-corrected chi connectivity index (χ1v) is 15.3. The number of ether oxygens (including phenoxy) is 1. The fourth-order valence-corrected chi connectivity index (χ4v) is 4.01. The molecule has 1 rings (SSSR count). The zero-order valence-corrected chi connectivity index (χ0v) is 27.3. The third kappa shape index (κ3) is 18.5. The number of benzene rings is 1. The van der Waals surface area contributed by atoms with Crippen LogP contribution in [0.1, 0.15) is 44.1 Å². The number of hydrogen-bond donors (Lipinski definition) is 6. The van der Waals surface area contributed by atoms with Crippen LogP contribution in [0, 0.1) is 0 Å². The molecule has 1 unspecified atom stereocenters. The second-order valence-corrected chi connectivity index (χ2v) is 10.7. The van der Waals surface area contributed by atoms with Crippen LogP contribution in [-0.4, -0.2) is 112 Å². The number of nitrogens with zero attached hydrogens (tertiary/aromatic N) is 2. The van der Waals surface area contributed by atoms with E-state index in [2.05, 4.69) is 26.6 Å². The molecule has 0 aliphatic heterocycles. The monoisotopic (exact) mass is 660 g/mol. The number of allylic oxidation sites excluding steroid dienone is 1. The number of amides is 7. The highest BCUT2D eigenvalue weighted by Crippen LogP contribution is 2.12. The molecule has 7 amide bonds. The second-order valence-electron chi connectivity index (χ2n) is 10.7. The molecule has 0 aromatic heterocycles. The van der Waals surface area contributed by atoms with Crippen molar-refractivity contribution >= 4 is 47.7 Å². The van der Waals surface area contributed by atoms with Gasteiger partial charge < -0.3 is 46.9 Å². The number of nitrogens with two attached hydrogens (primary N) is 1. The van der Waals surface area contributed by atoms with E-state index in [1.165, 1.54) is 15.9 Å². The first-order valence-electron chi connectivity index (χ1n) is 15.3. The van der Waals surface area contributed by atoms with Crippen molar-refractivity contribution in [1.29, 1.82) is 0 Å². The standard InChI is InChI=1S/C31H48N8O8/c1-33-17-19-39(3)31(46)47-22-23-12-14-24(15-13-23)36-29(44)25(9-7-16-34-30(32)45)37-27(42)21-35-26(41)10-5-4-6-18-38(2)28(43)11-8-20-40/h8,11-15,20,25,33H,4-7,9-10,16-19,21-22H2,1-3H3,(H,35,41)(H,36,44)(H,37,42)(H3,32,34,45)/b11-8-. The van der Waals surface area contributed by atoms with Crippen LogP contribution in [-0.2, 0) is 35.3 Å². The van der Waals surface area contributed by atoms with Gasteiger partial charge in [-0.25, -0.2) is 9.59 Å². The normalized spacial score (nSPS) is 11.2. The van der Waals surface area contributed by atoms with E-state index in [0.29, 0.717) is 62.9 Å². The average Bonchev–Trinajstić information content (AvgIpc) is 3.05. The number of aldehydes is 1. The molecule has 7 N–H and O–H groups in total. The van der Waals surface area contributed by atoms with Gasteiger partial charge in [0.1, 0.15) is 18.9 Å². The van der Waals surface area contributed by atoms with Crippen LogP contribution in [0.5, 0.6) is 0 Å². The molecule has 0 spiro atoms. The first kappa shape index (κ1) is 40.0. The Balaban J connectivity index is 2.57. The molecule has 0 aliphatic rings. The number of unbranched alkanes of at least 4 members (excludes halogenated alkanes) is 2. The highest BCUT2D eigenvalue weighted by atomic mass is 16.6. The van der Waals surface area contributed by atoms with Crippen LogP contribution in [0.2, 0.25) is 0 Å². The van der Waals surface area contributed by atoms with E-state index in [1.807, 2.05) is 0 Å². The van der Waals surface area contributed by atoms with Crippen LogP contribution < -0.4 is 32.3 Å². The van der Waals surface area contributed by atoms with Crippen molar-refractivity contribution in [2.45, 2.75) is 51.2 Å². The summed E-state index contributed by atoms with van der Waals surface area (Å²) in [5.41, 5.74) is 6.26. The van der Waals surface area contributed by atoms with Crippen molar-refractivity contribution in [3.63, 3.8) is 0 Å². The lowest BCUT2D eigenvalue weighted by Crippen LogP contribution is -2.47. The predicted octanol–water partition coefficient (Wildman–Crippen LogP) is 0.236. The van der Waals surface area contributed by atoms with Crippen LogP contribution in [0.25, 0.3) is 0 Å². The van der Waals surface area contributed by atoms with E-state index in [-0.39, 0.29) is 44.4 Å². The van der Waals surface area contributed by atoms with Gasteiger partial charge in [-0.3, -0.25) is 24.0 Å².